The minimum atomic E-state index is -0.973. The summed E-state index contributed by atoms with van der Waals surface area (Å²) >= 11 is 3.44. The maximum Gasteiger partial charge on any atom is 0.335 e. The Morgan fingerprint density at radius 2 is 1.93 bits per heavy atom. The maximum absolute atomic E-state index is 12.1. The summed E-state index contributed by atoms with van der Waals surface area (Å²) in [7, 11) is 0. The molecule has 144 valence electrons. The van der Waals surface area contributed by atoms with Crippen LogP contribution in [0.25, 0.3) is 6.08 Å². The van der Waals surface area contributed by atoms with Gasteiger partial charge in [0.25, 0.3) is 5.91 Å². The molecule has 0 aromatic heterocycles. The number of carboxylic acid groups (broad SMARTS) is 1. The van der Waals surface area contributed by atoms with Crippen LogP contribution < -0.4 is 10.1 Å². The Morgan fingerprint density at radius 3 is 2.50 bits per heavy atom. The van der Waals surface area contributed by atoms with Crippen LogP contribution >= 0.6 is 15.9 Å². The van der Waals surface area contributed by atoms with Gasteiger partial charge in [-0.1, -0.05) is 18.2 Å². The Kier molecular flexibility index (Phi) is 5.79. The van der Waals surface area contributed by atoms with Crippen LogP contribution in [0.15, 0.2) is 52.6 Å². The molecule has 0 spiro atoms. The Balaban J connectivity index is 1.69. The lowest BCUT2D eigenvalue weighted by Crippen LogP contribution is -2.30. The van der Waals surface area contributed by atoms with Gasteiger partial charge in [-0.25, -0.2) is 9.59 Å². The molecule has 2 aromatic carbocycles. The molecule has 0 atom stereocenters. The van der Waals surface area contributed by atoms with E-state index in [0.29, 0.717) is 16.8 Å². The van der Waals surface area contributed by atoms with Crippen LogP contribution in [0.3, 0.4) is 0 Å². The van der Waals surface area contributed by atoms with Gasteiger partial charge in [0.05, 0.1) is 10.0 Å². The third-order valence-corrected chi connectivity index (χ3v) is 4.76. The van der Waals surface area contributed by atoms with Crippen molar-refractivity contribution in [3.8, 4) is 5.75 Å². The predicted molar refractivity (Wildman–Crippen MR) is 106 cm³/mol. The minimum absolute atomic E-state index is 0.220. The Labute approximate surface area is 169 Å². The molecule has 0 saturated carbocycles. The average Bonchev–Trinajstić information content (AvgIpc) is 2.94. The number of benzene rings is 2. The number of hydrogen-bond acceptors (Lipinski definition) is 4. The summed E-state index contributed by atoms with van der Waals surface area (Å²) in [5.74, 6) is -0.728. The van der Waals surface area contributed by atoms with Crippen molar-refractivity contribution in [3.63, 3.8) is 0 Å². The summed E-state index contributed by atoms with van der Waals surface area (Å²) in [4.78, 5) is 35.8. The first-order chi connectivity index (χ1) is 13.4. The molecule has 1 aliphatic rings. The molecule has 1 fully saturated rings. The summed E-state index contributed by atoms with van der Waals surface area (Å²) in [6.07, 6.45) is 1.61. The number of carbonyl (C=O) groups excluding carboxylic acids is 2. The lowest BCUT2D eigenvalue weighted by atomic mass is 10.1. The molecule has 1 saturated heterocycles. The van der Waals surface area contributed by atoms with Gasteiger partial charge in [0, 0.05) is 6.54 Å². The van der Waals surface area contributed by atoms with E-state index in [4.69, 9.17) is 9.84 Å². The van der Waals surface area contributed by atoms with Gasteiger partial charge in [-0.05, 0) is 64.3 Å². The molecule has 8 heteroatoms. The van der Waals surface area contributed by atoms with E-state index in [9.17, 15) is 14.4 Å². The van der Waals surface area contributed by atoms with E-state index >= 15 is 0 Å². The Bertz CT molecular complexity index is 969. The second-order valence-electron chi connectivity index (χ2n) is 6.02. The number of carbonyl (C=O) groups is 3. The second kappa shape index (κ2) is 8.26. The van der Waals surface area contributed by atoms with Gasteiger partial charge in [0.1, 0.15) is 18.1 Å². The lowest BCUT2D eigenvalue weighted by Gasteiger charge is -2.09. The Morgan fingerprint density at radius 1 is 1.21 bits per heavy atom. The number of nitrogens with zero attached hydrogens (tertiary/aromatic N) is 1. The highest BCUT2D eigenvalue weighted by Crippen LogP contribution is 2.28. The maximum atomic E-state index is 12.1. The van der Waals surface area contributed by atoms with Crippen molar-refractivity contribution >= 4 is 39.9 Å². The van der Waals surface area contributed by atoms with Gasteiger partial charge in [-0.15, -0.1) is 0 Å². The third-order valence-electron chi connectivity index (χ3n) is 4.14. The quantitative estimate of drug-likeness (QED) is 0.523. The number of rotatable bonds is 6. The first-order valence-corrected chi connectivity index (χ1v) is 9.27. The smallest absolute Gasteiger partial charge is 0.335 e. The fourth-order valence-corrected chi connectivity index (χ4v) is 3.16. The summed E-state index contributed by atoms with van der Waals surface area (Å²) in [5.41, 5.74) is 2.01. The molecule has 1 aliphatic heterocycles. The van der Waals surface area contributed by atoms with E-state index in [1.807, 2.05) is 0 Å². The van der Waals surface area contributed by atoms with E-state index in [2.05, 4.69) is 21.2 Å². The van der Waals surface area contributed by atoms with Gasteiger partial charge in [-0.3, -0.25) is 9.69 Å². The van der Waals surface area contributed by atoms with Gasteiger partial charge < -0.3 is 15.2 Å². The minimum Gasteiger partial charge on any atom is -0.488 e. The third kappa shape index (κ3) is 4.23. The number of ether oxygens (including phenoxy) is 1. The highest BCUT2D eigenvalue weighted by atomic mass is 79.9. The van der Waals surface area contributed by atoms with Crippen LogP contribution in [0.5, 0.6) is 5.75 Å². The van der Waals surface area contributed by atoms with Crippen LogP contribution in [0.1, 0.15) is 28.4 Å². The average molecular weight is 445 g/mol. The van der Waals surface area contributed by atoms with E-state index in [-0.39, 0.29) is 23.8 Å². The molecule has 2 N–H and O–H groups in total. The highest BCUT2D eigenvalue weighted by molar-refractivity contribution is 9.10. The number of likely N-dealkylation sites (N-methyl/N-ethyl adjacent to an activating group) is 1. The zero-order chi connectivity index (χ0) is 20.3. The van der Waals surface area contributed by atoms with Gasteiger partial charge in [0.2, 0.25) is 0 Å². The number of hydrogen-bond donors (Lipinski definition) is 2. The van der Waals surface area contributed by atoms with Crippen molar-refractivity contribution in [3.05, 3.63) is 69.3 Å². The van der Waals surface area contributed by atoms with Gasteiger partial charge >= 0.3 is 12.0 Å². The van der Waals surface area contributed by atoms with Crippen molar-refractivity contribution in [2.45, 2.75) is 13.5 Å². The van der Waals surface area contributed by atoms with E-state index < -0.39 is 12.0 Å². The van der Waals surface area contributed by atoms with Crippen molar-refractivity contribution in [1.82, 2.24) is 10.2 Å². The number of halogens is 1. The molecule has 0 bridgehead atoms. The van der Waals surface area contributed by atoms with E-state index in [1.165, 1.54) is 12.1 Å². The molecule has 0 radical (unpaired) electrons. The predicted octanol–water partition coefficient (Wildman–Crippen LogP) is 3.64. The van der Waals surface area contributed by atoms with Crippen molar-refractivity contribution in [1.29, 1.82) is 0 Å². The van der Waals surface area contributed by atoms with Crippen LogP contribution in [-0.2, 0) is 11.4 Å². The molecular formula is C20H17BrN2O5. The first-order valence-electron chi connectivity index (χ1n) is 8.48. The summed E-state index contributed by atoms with van der Waals surface area (Å²) in [5, 5.41) is 11.5. The van der Waals surface area contributed by atoms with Crippen molar-refractivity contribution < 1.29 is 24.2 Å². The second-order valence-corrected chi connectivity index (χ2v) is 6.87. The number of amides is 3. The SMILES string of the molecule is CCN1C(=O)NC(=Cc2ccc(OCc3ccc(C(=O)O)cc3)c(Br)c2)C1=O. The molecule has 3 rings (SSSR count). The fourth-order valence-electron chi connectivity index (χ4n) is 2.65. The summed E-state index contributed by atoms with van der Waals surface area (Å²) < 4.78 is 6.45. The highest BCUT2D eigenvalue weighted by Gasteiger charge is 2.31. The van der Waals surface area contributed by atoms with Crippen LogP contribution in [-0.4, -0.2) is 34.5 Å². The van der Waals surface area contributed by atoms with Crippen molar-refractivity contribution in [2.24, 2.45) is 0 Å². The molecular weight excluding hydrogens is 428 g/mol. The molecule has 0 unspecified atom stereocenters. The van der Waals surface area contributed by atoms with Crippen LogP contribution in [0.4, 0.5) is 4.79 Å². The van der Waals surface area contributed by atoms with E-state index in [1.54, 1.807) is 43.3 Å². The number of nitrogens with one attached hydrogen (secondary N) is 1. The molecule has 1 heterocycles. The largest absolute Gasteiger partial charge is 0.488 e. The molecule has 7 nitrogen and oxygen atoms in total. The van der Waals surface area contributed by atoms with Crippen LogP contribution in [0.2, 0.25) is 0 Å². The monoisotopic (exact) mass is 444 g/mol. The van der Waals surface area contributed by atoms with E-state index in [0.717, 1.165) is 16.0 Å². The topological polar surface area (TPSA) is 95.9 Å². The number of urea groups is 1. The molecule has 28 heavy (non-hydrogen) atoms. The molecule has 0 aliphatic carbocycles. The number of carboxylic acids is 1. The molecule has 3 amide bonds. The first kappa shape index (κ1) is 19.6. The zero-order valence-electron chi connectivity index (χ0n) is 14.9. The van der Waals surface area contributed by atoms with Crippen LogP contribution in [0, 0.1) is 0 Å². The normalized spacial score (nSPS) is 15.1. The lowest BCUT2D eigenvalue weighted by molar-refractivity contribution is -0.122. The fraction of sp³-hybridized carbons (Fsp3) is 0.150. The number of imide groups is 1. The van der Waals surface area contributed by atoms with Crippen molar-refractivity contribution in [2.75, 3.05) is 6.54 Å². The summed E-state index contributed by atoms with van der Waals surface area (Å²) in [6.45, 7) is 2.32. The van der Waals surface area contributed by atoms with Gasteiger partial charge in [-0.2, -0.15) is 0 Å². The van der Waals surface area contributed by atoms with Gasteiger partial charge in [0.15, 0.2) is 0 Å². The Hall–Kier alpha value is -3.13. The summed E-state index contributed by atoms with van der Waals surface area (Å²) in [6, 6.07) is 11.3. The zero-order valence-corrected chi connectivity index (χ0v) is 16.5. The standard InChI is InChI=1S/C20H17BrN2O5/c1-2-23-18(24)16(22-20(23)27)10-13-5-8-17(15(21)9-13)28-11-12-3-6-14(7-4-12)19(25)26/h3-10H,2,11H2,1H3,(H,22,27)(H,25,26). The number of aromatic carboxylic acids is 1. The molecule has 2 aromatic rings.